The van der Waals surface area contributed by atoms with E-state index in [1.807, 2.05) is 30.3 Å². The monoisotopic (exact) mass is 391 g/mol. The summed E-state index contributed by atoms with van der Waals surface area (Å²) in [6.45, 7) is 1.84. The van der Waals surface area contributed by atoms with Gasteiger partial charge in [-0.05, 0) is 17.9 Å². The van der Waals surface area contributed by atoms with Gasteiger partial charge < -0.3 is 9.64 Å². The molecule has 2 atom stereocenters. The van der Waals surface area contributed by atoms with Gasteiger partial charge in [0.15, 0.2) is 0 Å². The summed E-state index contributed by atoms with van der Waals surface area (Å²) in [5, 5.41) is 0.398. The van der Waals surface area contributed by atoms with Crippen LogP contribution in [0, 0.1) is 5.92 Å². The van der Waals surface area contributed by atoms with E-state index in [1.54, 1.807) is 4.90 Å². The number of ether oxygens (including phenoxy) is 1. The zero-order valence-electron chi connectivity index (χ0n) is 10.7. The predicted octanol–water partition coefficient (Wildman–Crippen LogP) is 3.38. The van der Waals surface area contributed by atoms with E-state index >= 15 is 0 Å². The maximum atomic E-state index is 12.0. The summed E-state index contributed by atoms with van der Waals surface area (Å²) in [6.07, 6.45) is 0.732. The normalized spacial score (nSPS) is 23.2. The van der Waals surface area contributed by atoms with Crippen LogP contribution in [0.5, 0.6) is 0 Å². The summed E-state index contributed by atoms with van der Waals surface area (Å²) in [5.74, 6) is 0.460. The van der Waals surface area contributed by atoms with Gasteiger partial charge in [-0.2, -0.15) is 12.6 Å². The molecule has 1 aromatic carbocycles. The molecule has 1 saturated heterocycles. The second kappa shape index (κ2) is 7.38. The van der Waals surface area contributed by atoms with E-state index in [-0.39, 0.29) is 6.09 Å². The van der Waals surface area contributed by atoms with Crippen molar-refractivity contribution in [2.24, 2.45) is 5.92 Å². The lowest BCUT2D eigenvalue weighted by atomic mass is 10.00. The van der Waals surface area contributed by atoms with E-state index in [0.717, 1.165) is 29.5 Å². The molecular formula is C14H18INO2S. The Bertz CT molecular complexity index is 415. The number of rotatable bonds is 3. The summed E-state index contributed by atoms with van der Waals surface area (Å²) < 4.78 is 6.38. The average molecular weight is 391 g/mol. The molecule has 1 aromatic rings. The maximum Gasteiger partial charge on any atom is 0.410 e. The number of carbonyl (C=O) groups excluding carboxylic acids is 1. The van der Waals surface area contributed by atoms with Crippen LogP contribution < -0.4 is 0 Å². The number of piperidine rings is 1. The third kappa shape index (κ3) is 4.27. The molecule has 0 aromatic heterocycles. The second-order valence-electron chi connectivity index (χ2n) is 4.76. The fourth-order valence-electron chi connectivity index (χ4n) is 2.15. The third-order valence-corrected chi connectivity index (χ3v) is 5.17. The van der Waals surface area contributed by atoms with E-state index in [4.69, 9.17) is 4.74 Å². The maximum absolute atomic E-state index is 12.0. The van der Waals surface area contributed by atoms with Gasteiger partial charge in [0.05, 0.1) is 0 Å². The van der Waals surface area contributed by atoms with Crippen LogP contribution in [0.3, 0.4) is 0 Å². The molecule has 104 valence electrons. The zero-order valence-corrected chi connectivity index (χ0v) is 13.7. The largest absolute Gasteiger partial charge is 0.445 e. The lowest BCUT2D eigenvalue weighted by Crippen LogP contribution is -2.45. The number of amides is 1. The summed E-state index contributed by atoms with van der Waals surface area (Å²) in [4.78, 5) is 13.8. The van der Waals surface area contributed by atoms with Crippen LogP contribution in [-0.2, 0) is 11.3 Å². The molecule has 1 aliphatic rings. The molecule has 2 unspecified atom stereocenters. The first-order chi connectivity index (χ1) is 9.20. The van der Waals surface area contributed by atoms with Gasteiger partial charge in [-0.3, -0.25) is 0 Å². The zero-order chi connectivity index (χ0) is 13.7. The molecule has 0 radical (unpaired) electrons. The van der Waals surface area contributed by atoms with Crippen LogP contribution >= 0.6 is 35.2 Å². The Hall–Kier alpha value is -0.430. The van der Waals surface area contributed by atoms with Gasteiger partial charge in [0, 0.05) is 22.8 Å². The molecule has 19 heavy (non-hydrogen) atoms. The minimum Gasteiger partial charge on any atom is -0.445 e. The highest BCUT2D eigenvalue weighted by Gasteiger charge is 2.29. The third-order valence-electron chi connectivity index (χ3n) is 3.36. The van der Waals surface area contributed by atoms with E-state index in [2.05, 4.69) is 35.2 Å². The number of carbonyl (C=O) groups is 1. The Balaban J connectivity index is 1.83. The van der Waals surface area contributed by atoms with E-state index < -0.39 is 0 Å². The highest BCUT2D eigenvalue weighted by Crippen LogP contribution is 2.24. The van der Waals surface area contributed by atoms with Gasteiger partial charge in [0.2, 0.25) is 0 Å². The number of benzene rings is 1. The predicted molar refractivity (Wildman–Crippen MR) is 88.0 cm³/mol. The smallest absolute Gasteiger partial charge is 0.410 e. The quantitative estimate of drug-likeness (QED) is 0.487. The van der Waals surface area contributed by atoms with Crippen LogP contribution in [0.2, 0.25) is 0 Å². The minimum absolute atomic E-state index is 0.209. The second-order valence-corrected chi connectivity index (χ2v) is 6.30. The molecule has 0 N–H and O–H groups in total. The molecule has 1 heterocycles. The Morgan fingerprint density at radius 3 is 2.84 bits per heavy atom. The molecule has 0 saturated carbocycles. The first kappa shape index (κ1) is 15.0. The Morgan fingerprint density at radius 1 is 1.42 bits per heavy atom. The lowest BCUT2D eigenvalue weighted by molar-refractivity contribution is 0.0829. The summed E-state index contributed by atoms with van der Waals surface area (Å²) in [6, 6.07) is 9.76. The average Bonchev–Trinajstić information content (AvgIpc) is 2.46. The van der Waals surface area contributed by atoms with Crippen molar-refractivity contribution in [3.8, 4) is 0 Å². The van der Waals surface area contributed by atoms with Crippen LogP contribution in [0.1, 0.15) is 12.0 Å². The number of nitrogens with zero attached hydrogens (tertiary/aromatic N) is 1. The Labute approximate surface area is 133 Å². The van der Waals surface area contributed by atoms with Crippen LogP contribution in [0.4, 0.5) is 4.79 Å². The molecule has 1 fully saturated rings. The summed E-state index contributed by atoms with van der Waals surface area (Å²) >= 11 is 6.93. The number of alkyl halides is 1. The lowest BCUT2D eigenvalue weighted by Gasteiger charge is -2.35. The Morgan fingerprint density at radius 2 is 2.16 bits per heavy atom. The highest BCUT2D eigenvalue weighted by atomic mass is 127. The number of hydrogen-bond donors (Lipinski definition) is 1. The van der Waals surface area contributed by atoms with Gasteiger partial charge in [-0.1, -0.05) is 52.9 Å². The molecule has 1 amide bonds. The van der Waals surface area contributed by atoms with Crippen LogP contribution in [0.25, 0.3) is 0 Å². The minimum atomic E-state index is -0.209. The van der Waals surface area contributed by atoms with Crippen LogP contribution in [-0.4, -0.2) is 33.8 Å². The number of halogens is 1. The molecule has 0 spiro atoms. The van der Waals surface area contributed by atoms with Gasteiger partial charge >= 0.3 is 6.09 Å². The van der Waals surface area contributed by atoms with Crippen molar-refractivity contribution in [1.29, 1.82) is 0 Å². The fourth-order valence-corrected chi connectivity index (χ4v) is 3.76. The molecule has 0 bridgehead atoms. The molecule has 1 aliphatic heterocycles. The van der Waals surface area contributed by atoms with Crippen LogP contribution in [0.15, 0.2) is 30.3 Å². The molecule has 3 nitrogen and oxygen atoms in total. The molecular weight excluding hydrogens is 373 g/mol. The standard InChI is InChI=1S/C14H18INO2S/c15-8-12-9-16(7-6-13(12)19)14(17)18-10-11-4-2-1-3-5-11/h1-5,12-13,19H,6-10H2. The number of thiol groups is 1. The van der Waals surface area contributed by atoms with Gasteiger partial charge in [0.25, 0.3) is 0 Å². The van der Waals surface area contributed by atoms with Crippen molar-refractivity contribution in [3.05, 3.63) is 35.9 Å². The SMILES string of the molecule is O=C(OCc1ccccc1)N1CCC(S)C(CI)C1. The highest BCUT2D eigenvalue weighted by molar-refractivity contribution is 14.1. The summed E-state index contributed by atoms with van der Waals surface area (Å²) in [5.41, 5.74) is 1.02. The van der Waals surface area contributed by atoms with Crippen molar-refractivity contribution in [1.82, 2.24) is 4.90 Å². The van der Waals surface area contributed by atoms with Crippen molar-refractivity contribution >= 4 is 41.3 Å². The number of likely N-dealkylation sites (tertiary alicyclic amines) is 1. The van der Waals surface area contributed by atoms with Gasteiger partial charge in [-0.15, -0.1) is 0 Å². The Kier molecular flexibility index (Phi) is 5.81. The molecule has 2 rings (SSSR count). The van der Waals surface area contributed by atoms with E-state index in [0.29, 0.717) is 17.8 Å². The van der Waals surface area contributed by atoms with E-state index in [9.17, 15) is 4.79 Å². The molecule has 5 heteroatoms. The van der Waals surface area contributed by atoms with E-state index in [1.165, 1.54) is 0 Å². The van der Waals surface area contributed by atoms with Crippen molar-refractivity contribution < 1.29 is 9.53 Å². The number of hydrogen-bond acceptors (Lipinski definition) is 3. The van der Waals surface area contributed by atoms with Crippen molar-refractivity contribution in [2.45, 2.75) is 18.3 Å². The molecule has 0 aliphatic carbocycles. The van der Waals surface area contributed by atoms with Crippen molar-refractivity contribution in [3.63, 3.8) is 0 Å². The van der Waals surface area contributed by atoms with Crippen molar-refractivity contribution in [2.75, 3.05) is 17.5 Å². The first-order valence-corrected chi connectivity index (χ1v) is 8.44. The van der Waals surface area contributed by atoms with Gasteiger partial charge in [0.1, 0.15) is 6.61 Å². The summed E-state index contributed by atoms with van der Waals surface area (Å²) in [7, 11) is 0. The fraction of sp³-hybridized carbons (Fsp3) is 0.500. The topological polar surface area (TPSA) is 29.5 Å². The van der Waals surface area contributed by atoms with Gasteiger partial charge in [-0.25, -0.2) is 4.79 Å². The first-order valence-electron chi connectivity index (χ1n) is 6.40.